The molecule has 0 radical (unpaired) electrons. The van der Waals surface area contributed by atoms with E-state index in [4.69, 9.17) is 5.11 Å². The first kappa shape index (κ1) is 12.4. The van der Waals surface area contributed by atoms with E-state index >= 15 is 0 Å². The van der Waals surface area contributed by atoms with Gasteiger partial charge < -0.3 is 5.11 Å². The molecule has 3 heteroatoms. The molecule has 0 bridgehead atoms. The first-order valence-corrected chi connectivity index (χ1v) is 5.18. The van der Waals surface area contributed by atoms with Crippen LogP contribution in [0.3, 0.4) is 0 Å². The molecule has 0 saturated carbocycles. The Kier molecular flexibility index (Phi) is 4.23. The van der Waals surface area contributed by atoms with Crippen LogP contribution < -0.4 is 0 Å². The van der Waals surface area contributed by atoms with E-state index in [1.165, 1.54) is 18.2 Å². The smallest absolute Gasteiger partial charge is 0.328 e. The fraction of sp³-hybridized carbons (Fsp3) is 0.308. The van der Waals surface area contributed by atoms with Gasteiger partial charge in [-0.25, -0.2) is 9.18 Å². The minimum atomic E-state index is -0.972. The largest absolute Gasteiger partial charge is 0.478 e. The van der Waals surface area contributed by atoms with Crippen LogP contribution in [0.1, 0.15) is 25.8 Å². The second kappa shape index (κ2) is 5.45. The Hall–Kier alpha value is -1.64. The van der Waals surface area contributed by atoms with Crippen LogP contribution in [-0.4, -0.2) is 11.1 Å². The zero-order valence-electron chi connectivity index (χ0n) is 9.40. The number of hydrogen-bond donors (Lipinski definition) is 1. The van der Waals surface area contributed by atoms with Crippen LogP contribution in [0, 0.1) is 11.7 Å². The number of carboxylic acid groups (broad SMARTS) is 1. The first-order valence-electron chi connectivity index (χ1n) is 5.18. The molecule has 0 aliphatic carbocycles. The molecule has 0 aromatic heterocycles. The lowest BCUT2D eigenvalue weighted by Gasteiger charge is -2.09. The summed E-state index contributed by atoms with van der Waals surface area (Å²) in [7, 11) is 0. The number of hydrogen-bond acceptors (Lipinski definition) is 1. The van der Waals surface area contributed by atoms with E-state index in [0.717, 1.165) is 11.1 Å². The lowest BCUT2D eigenvalue weighted by molar-refractivity contribution is -0.131. The minimum Gasteiger partial charge on any atom is -0.478 e. The van der Waals surface area contributed by atoms with E-state index in [9.17, 15) is 9.18 Å². The summed E-state index contributed by atoms with van der Waals surface area (Å²) in [6.07, 6.45) is 1.85. The summed E-state index contributed by atoms with van der Waals surface area (Å²) in [6, 6.07) is 5.88. The van der Waals surface area contributed by atoms with E-state index in [1.54, 1.807) is 12.1 Å². The monoisotopic (exact) mass is 222 g/mol. The molecule has 1 rings (SSSR count). The molecule has 0 saturated heterocycles. The number of benzene rings is 1. The van der Waals surface area contributed by atoms with Crippen LogP contribution in [0.5, 0.6) is 0 Å². The van der Waals surface area contributed by atoms with Crippen molar-refractivity contribution in [2.45, 2.75) is 20.3 Å². The van der Waals surface area contributed by atoms with Crippen LogP contribution in [0.2, 0.25) is 0 Å². The van der Waals surface area contributed by atoms with Crippen molar-refractivity contribution in [3.05, 3.63) is 41.7 Å². The molecule has 86 valence electrons. The number of halogens is 1. The molecule has 0 aliphatic heterocycles. The molecule has 0 aliphatic rings. The van der Waals surface area contributed by atoms with Crippen molar-refractivity contribution >= 4 is 11.5 Å². The summed E-state index contributed by atoms with van der Waals surface area (Å²) in [5, 5.41) is 8.76. The van der Waals surface area contributed by atoms with Crippen LogP contribution >= 0.6 is 0 Å². The normalized spacial score (nSPS) is 11.9. The summed E-state index contributed by atoms with van der Waals surface area (Å²) in [5.41, 5.74) is 1.49. The topological polar surface area (TPSA) is 37.3 Å². The van der Waals surface area contributed by atoms with E-state index in [1.807, 2.05) is 13.8 Å². The average molecular weight is 222 g/mol. The lowest BCUT2D eigenvalue weighted by Crippen LogP contribution is -1.97. The van der Waals surface area contributed by atoms with E-state index in [2.05, 4.69) is 0 Å². The molecule has 1 aromatic carbocycles. The van der Waals surface area contributed by atoms with Gasteiger partial charge in [0.25, 0.3) is 0 Å². The molecule has 0 atom stereocenters. The fourth-order valence-electron chi connectivity index (χ4n) is 1.51. The molecule has 0 heterocycles. The van der Waals surface area contributed by atoms with Crippen molar-refractivity contribution in [2.24, 2.45) is 5.92 Å². The van der Waals surface area contributed by atoms with Gasteiger partial charge in [0.05, 0.1) is 0 Å². The Morgan fingerprint density at radius 1 is 1.38 bits per heavy atom. The predicted octanol–water partition coefficient (Wildman–Crippen LogP) is 3.34. The molecule has 1 N–H and O–H groups in total. The quantitative estimate of drug-likeness (QED) is 0.793. The molecular formula is C13H15FO2. The number of allylic oxidation sites excluding steroid dienone is 1. The summed E-state index contributed by atoms with van der Waals surface area (Å²) in [6.45, 7) is 4.03. The number of carbonyl (C=O) groups is 1. The average Bonchev–Trinajstić information content (AvgIpc) is 2.16. The highest BCUT2D eigenvalue weighted by Gasteiger charge is 2.06. The van der Waals surface area contributed by atoms with Gasteiger partial charge in [-0.15, -0.1) is 0 Å². The van der Waals surface area contributed by atoms with Gasteiger partial charge in [0, 0.05) is 6.08 Å². The zero-order valence-corrected chi connectivity index (χ0v) is 9.40. The standard InChI is InChI=1S/C13H15FO2/c1-9(2)7-11(8-13(15)16)10-3-5-12(14)6-4-10/h3-6,8-9H,7H2,1-2H3,(H,15,16)/b11-8+. The summed E-state index contributed by atoms with van der Waals surface area (Å²) in [4.78, 5) is 10.7. The Labute approximate surface area is 94.4 Å². The Balaban J connectivity index is 3.01. The summed E-state index contributed by atoms with van der Waals surface area (Å²) in [5.74, 6) is -0.932. The first-order chi connectivity index (χ1) is 7.49. The lowest BCUT2D eigenvalue weighted by atomic mass is 9.96. The SMILES string of the molecule is CC(C)C/C(=C\C(=O)O)c1ccc(F)cc1. The van der Waals surface area contributed by atoms with Gasteiger partial charge in [0.2, 0.25) is 0 Å². The van der Waals surface area contributed by atoms with Gasteiger partial charge in [-0.05, 0) is 35.6 Å². The van der Waals surface area contributed by atoms with Crippen molar-refractivity contribution in [2.75, 3.05) is 0 Å². The van der Waals surface area contributed by atoms with Crippen LogP contribution in [0.15, 0.2) is 30.3 Å². The Morgan fingerprint density at radius 2 is 1.94 bits per heavy atom. The zero-order chi connectivity index (χ0) is 12.1. The fourth-order valence-corrected chi connectivity index (χ4v) is 1.51. The highest BCUT2D eigenvalue weighted by molar-refractivity contribution is 5.90. The van der Waals surface area contributed by atoms with Gasteiger partial charge in [0.1, 0.15) is 5.82 Å². The maximum atomic E-state index is 12.7. The van der Waals surface area contributed by atoms with Crippen molar-refractivity contribution in [1.29, 1.82) is 0 Å². The minimum absolute atomic E-state index is 0.317. The molecular weight excluding hydrogens is 207 g/mol. The van der Waals surface area contributed by atoms with E-state index < -0.39 is 5.97 Å². The molecule has 0 spiro atoms. The highest BCUT2D eigenvalue weighted by Crippen LogP contribution is 2.22. The van der Waals surface area contributed by atoms with Crippen molar-refractivity contribution in [3.8, 4) is 0 Å². The van der Waals surface area contributed by atoms with Gasteiger partial charge in [-0.3, -0.25) is 0 Å². The third-order valence-electron chi connectivity index (χ3n) is 2.14. The number of aliphatic carboxylic acids is 1. The van der Waals surface area contributed by atoms with Crippen LogP contribution in [0.4, 0.5) is 4.39 Å². The summed E-state index contributed by atoms with van der Waals surface area (Å²) >= 11 is 0. The molecule has 16 heavy (non-hydrogen) atoms. The molecule has 0 fully saturated rings. The maximum absolute atomic E-state index is 12.7. The van der Waals surface area contributed by atoms with Gasteiger partial charge >= 0.3 is 5.97 Å². The van der Waals surface area contributed by atoms with Crippen LogP contribution in [0.25, 0.3) is 5.57 Å². The molecule has 0 amide bonds. The van der Waals surface area contributed by atoms with E-state index in [0.29, 0.717) is 12.3 Å². The second-order valence-electron chi connectivity index (χ2n) is 4.11. The Morgan fingerprint density at radius 3 is 2.38 bits per heavy atom. The van der Waals surface area contributed by atoms with Crippen molar-refractivity contribution < 1.29 is 14.3 Å². The van der Waals surface area contributed by atoms with Crippen molar-refractivity contribution in [3.63, 3.8) is 0 Å². The summed E-state index contributed by atoms with van der Waals surface area (Å²) < 4.78 is 12.7. The number of rotatable bonds is 4. The highest BCUT2D eigenvalue weighted by atomic mass is 19.1. The van der Waals surface area contributed by atoms with Gasteiger partial charge in [-0.1, -0.05) is 26.0 Å². The third kappa shape index (κ3) is 3.85. The Bertz CT molecular complexity index is 391. The molecule has 1 aromatic rings. The molecule has 2 nitrogen and oxygen atoms in total. The predicted molar refractivity (Wildman–Crippen MR) is 61.5 cm³/mol. The van der Waals surface area contributed by atoms with Crippen LogP contribution in [-0.2, 0) is 4.79 Å². The van der Waals surface area contributed by atoms with Crippen molar-refractivity contribution in [1.82, 2.24) is 0 Å². The third-order valence-corrected chi connectivity index (χ3v) is 2.14. The van der Waals surface area contributed by atoms with Gasteiger partial charge in [-0.2, -0.15) is 0 Å². The molecule has 0 unspecified atom stereocenters. The van der Waals surface area contributed by atoms with Gasteiger partial charge in [0.15, 0.2) is 0 Å². The second-order valence-corrected chi connectivity index (χ2v) is 4.11. The van der Waals surface area contributed by atoms with E-state index in [-0.39, 0.29) is 5.82 Å². The maximum Gasteiger partial charge on any atom is 0.328 e. The number of carboxylic acids is 1.